The highest BCUT2D eigenvalue weighted by atomic mass is 15.3. The van der Waals surface area contributed by atoms with Gasteiger partial charge in [0, 0.05) is 45.0 Å². The third-order valence-electron chi connectivity index (χ3n) is 3.34. The minimum Gasteiger partial charge on any atom is -0.354 e. The van der Waals surface area contributed by atoms with Gasteiger partial charge in [-0.15, -0.1) is 0 Å². The van der Waals surface area contributed by atoms with Crippen LogP contribution < -0.4 is 10.2 Å². The maximum absolute atomic E-state index is 4.54. The number of aromatic nitrogens is 2. The highest BCUT2D eigenvalue weighted by Crippen LogP contribution is 2.15. The van der Waals surface area contributed by atoms with Crippen molar-refractivity contribution in [2.24, 2.45) is 0 Å². The Balaban J connectivity index is 1.98. The molecule has 0 radical (unpaired) electrons. The molecule has 5 nitrogen and oxygen atoms in total. The van der Waals surface area contributed by atoms with Gasteiger partial charge in [0.15, 0.2) is 0 Å². The van der Waals surface area contributed by atoms with Crippen LogP contribution in [0.1, 0.15) is 20.8 Å². The van der Waals surface area contributed by atoms with Gasteiger partial charge >= 0.3 is 0 Å². The summed E-state index contributed by atoms with van der Waals surface area (Å²) in [4.78, 5) is 13.6. The van der Waals surface area contributed by atoms with Crippen molar-refractivity contribution in [3.63, 3.8) is 0 Å². The Morgan fingerprint density at radius 1 is 1.28 bits per heavy atom. The average molecular weight is 249 g/mol. The fourth-order valence-electron chi connectivity index (χ4n) is 2.24. The molecule has 1 fully saturated rings. The smallest absolute Gasteiger partial charge is 0.224 e. The molecule has 0 saturated carbocycles. The first-order valence-electron chi connectivity index (χ1n) is 6.76. The first kappa shape index (κ1) is 13.1. The molecular formula is C13H23N5. The van der Waals surface area contributed by atoms with Crippen LogP contribution in [0.2, 0.25) is 0 Å². The van der Waals surface area contributed by atoms with Crippen LogP contribution in [0.15, 0.2) is 12.3 Å². The first-order valence-corrected chi connectivity index (χ1v) is 6.76. The van der Waals surface area contributed by atoms with Gasteiger partial charge in [-0.05, 0) is 26.8 Å². The number of nitrogens with one attached hydrogen (secondary N) is 1. The van der Waals surface area contributed by atoms with Gasteiger partial charge in [0.25, 0.3) is 0 Å². The lowest BCUT2D eigenvalue weighted by atomic mass is 10.2. The van der Waals surface area contributed by atoms with Gasteiger partial charge in [0.1, 0.15) is 5.82 Å². The number of piperazine rings is 1. The number of hydrogen-bond donors (Lipinski definition) is 1. The molecule has 0 atom stereocenters. The Hall–Kier alpha value is -1.36. The summed E-state index contributed by atoms with van der Waals surface area (Å²) in [6, 6.07) is 2.63. The highest BCUT2D eigenvalue weighted by molar-refractivity contribution is 5.42. The third-order valence-corrected chi connectivity index (χ3v) is 3.34. The van der Waals surface area contributed by atoms with E-state index in [1.54, 1.807) is 0 Å². The molecule has 0 spiro atoms. The molecule has 0 unspecified atom stereocenters. The van der Waals surface area contributed by atoms with Gasteiger partial charge in [0.05, 0.1) is 0 Å². The van der Waals surface area contributed by atoms with Crippen LogP contribution in [-0.2, 0) is 0 Å². The summed E-state index contributed by atoms with van der Waals surface area (Å²) in [6.45, 7) is 11.7. The number of anilines is 2. The molecule has 18 heavy (non-hydrogen) atoms. The van der Waals surface area contributed by atoms with Gasteiger partial charge in [-0.3, -0.25) is 4.90 Å². The second kappa shape index (κ2) is 6.00. The van der Waals surface area contributed by atoms with E-state index in [1.165, 1.54) is 0 Å². The third kappa shape index (κ3) is 3.10. The molecule has 2 heterocycles. The largest absolute Gasteiger partial charge is 0.354 e. The highest BCUT2D eigenvalue weighted by Gasteiger charge is 2.19. The quantitative estimate of drug-likeness (QED) is 0.874. The zero-order chi connectivity index (χ0) is 13.0. The van der Waals surface area contributed by atoms with Crippen molar-refractivity contribution in [2.75, 3.05) is 42.9 Å². The van der Waals surface area contributed by atoms with Crippen LogP contribution in [-0.4, -0.2) is 53.6 Å². The Kier molecular flexibility index (Phi) is 4.36. The van der Waals surface area contributed by atoms with Crippen LogP contribution in [0.25, 0.3) is 0 Å². The first-order chi connectivity index (χ1) is 8.70. The Labute approximate surface area is 109 Å². The molecule has 1 aromatic rings. The van der Waals surface area contributed by atoms with Crippen molar-refractivity contribution in [3.8, 4) is 0 Å². The maximum atomic E-state index is 4.54. The molecular weight excluding hydrogens is 226 g/mol. The Bertz CT molecular complexity index is 371. The van der Waals surface area contributed by atoms with Gasteiger partial charge in [-0.2, -0.15) is 4.98 Å². The van der Waals surface area contributed by atoms with E-state index >= 15 is 0 Å². The van der Waals surface area contributed by atoms with E-state index in [4.69, 9.17) is 0 Å². The fraction of sp³-hybridized carbons (Fsp3) is 0.692. The number of hydrogen-bond acceptors (Lipinski definition) is 5. The molecule has 0 amide bonds. The van der Waals surface area contributed by atoms with Gasteiger partial charge in [-0.1, -0.05) is 0 Å². The standard InChI is InChI=1S/C13H23N5/c1-4-14-13-15-6-5-12(16-13)18-9-7-17(8-10-18)11(2)3/h5-6,11H,4,7-10H2,1-3H3,(H,14,15,16). The molecule has 1 aliphatic heterocycles. The van der Waals surface area contributed by atoms with E-state index < -0.39 is 0 Å². The molecule has 1 saturated heterocycles. The summed E-state index contributed by atoms with van der Waals surface area (Å²) in [6.07, 6.45) is 1.83. The zero-order valence-electron chi connectivity index (χ0n) is 11.6. The molecule has 1 aliphatic rings. The number of rotatable bonds is 4. The molecule has 100 valence electrons. The normalized spacial score (nSPS) is 17.2. The predicted molar refractivity (Wildman–Crippen MR) is 75.1 cm³/mol. The van der Waals surface area contributed by atoms with Crippen molar-refractivity contribution in [1.82, 2.24) is 14.9 Å². The molecule has 1 aromatic heterocycles. The SMILES string of the molecule is CCNc1nccc(N2CCN(C(C)C)CC2)n1. The van der Waals surface area contributed by atoms with E-state index in [1.807, 2.05) is 12.3 Å². The van der Waals surface area contributed by atoms with Crippen LogP contribution in [0.5, 0.6) is 0 Å². The lowest BCUT2D eigenvalue weighted by Crippen LogP contribution is -2.49. The predicted octanol–water partition coefficient (Wildman–Crippen LogP) is 1.44. The van der Waals surface area contributed by atoms with E-state index in [9.17, 15) is 0 Å². The fourth-order valence-corrected chi connectivity index (χ4v) is 2.24. The van der Waals surface area contributed by atoms with Crippen LogP contribution in [0, 0.1) is 0 Å². The second-order valence-corrected chi connectivity index (χ2v) is 4.89. The topological polar surface area (TPSA) is 44.3 Å². The van der Waals surface area contributed by atoms with Crippen molar-refractivity contribution in [1.29, 1.82) is 0 Å². The minimum atomic E-state index is 0.634. The van der Waals surface area contributed by atoms with Crippen molar-refractivity contribution in [2.45, 2.75) is 26.8 Å². The van der Waals surface area contributed by atoms with Crippen LogP contribution >= 0.6 is 0 Å². The number of nitrogens with zero attached hydrogens (tertiary/aromatic N) is 4. The Morgan fingerprint density at radius 3 is 2.61 bits per heavy atom. The molecule has 2 rings (SSSR count). The maximum Gasteiger partial charge on any atom is 0.224 e. The van der Waals surface area contributed by atoms with E-state index in [0.717, 1.165) is 44.5 Å². The molecule has 1 N–H and O–H groups in total. The average Bonchev–Trinajstić information content (AvgIpc) is 2.39. The van der Waals surface area contributed by atoms with Crippen molar-refractivity contribution < 1.29 is 0 Å². The van der Waals surface area contributed by atoms with Crippen LogP contribution in [0.4, 0.5) is 11.8 Å². The van der Waals surface area contributed by atoms with E-state index in [0.29, 0.717) is 6.04 Å². The molecule has 0 aromatic carbocycles. The van der Waals surface area contributed by atoms with Crippen LogP contribution in [0.3, 0.4) is 0 Å². The summed E-state index contributed by atoms with van der Waals surface area (Å²) >= 11 is 0. The summed E-state index contributed by atoms with van der Waals surface area (Å²) in [7, 11) is 0. The molecule has 0 aliphatic carbocycles. The van der Waals surface area contributed by atoms with Crippen molar-refractivity contribution in [3.05, 3.63) is 12.3 Å². The van der Waals surface area contributed by atoms with E-state index in [-0.39, 0.29) is 0 Å². The second-order valence-electron chi connectivity index (χ2n) is 4.89. The summed E-state index contributed by atoms with van der Waals surface area (Å²) in [5.41, 5.74) is 0. The van der Waals surface area contributed by atoms with E-state index in [2.05, 4.69) is 45.9 Å². The minimum absolute atomic E-state index is 0.634. The zero-order valence-corrected chi connectivity index (χ0v) is 11.6. The summed E-state index contributed by atoms with van der Waals surface area (Å²) in [5, 5.41) is 3.15. The Morgan fingerprint density at radius 2 is 2.00 bits per heavy atom. The lowest BCUT2D eigenvalue weighted by molar-refractivity contribution is 0.209. The molecule has 0 bridgehead atoms. The monoisotopic (exact) mass is 249 g/mol. The van der Waals surface area contributed by atoms with Gasteiger partial charge < -0.3 is 10.2 Å². The van der Waals surface area contributed by atoms with Crippen molar-refractivity contribution >= 4 is 11.8 Å². The van der Waals surface area contributed by atoms with Gasteiger partial charge in [-0.25, -0.2) is 4.98 Å². The summed E-state index contributed by atoms with van der Waals surface area (Å²) < 4.78 is 0. The van der Waals surface area contributed by atoms with Gasteiger partial charge in [0.2, 0.25) is 5.95 Å². The lowest BCUT2D eigenvalue weighted by Gasteiger charge is -2.37. The summed E-state index contributed by atoms with van der Waals surface area (Å²) in [5.74, 6) is 1.76. The molecule has 5 heteroatoms.